The van der Waals surface area contributed by atoms with Gasteiger partial charge in [-0.25, -0.2) is 29.3 Å². The standard InChI is InChI=1S/C29H28FN9/c30-20-5-8-23(34-14-20)26-35-15-24-28(37-26)39(27(36-24)22-2-1-11-33-25(22)31)21-6-3-19(4-7-21)16-38-17-29(18-38)9-12-32-13-10-29/h1-8,11,14-15,32H,9-10,12-13,16-18H2,(H2,31,33). The molecule has 39 heavy (non-hydrogen) atoms. The molecule has 7 rings (SSSR count). The van der Waals surface area contributed by atoms with Gasteiger partial charge in [0.1, 0.15) is 22.8 Å². The molecule has 0 bridgehead atoms. The van der Waals surface area contributed by atoms with E-state index in [0.717, 1.165) is 31.5 Å². The molecule has 0 aliphatic carbocycles. The van der Waals surface area contributed by atoms with Crippen molar-refractivity contribution in [2.45, 2.75) is 19.4 Å². The number of rotatable bonds is 5. The van der Waals surface area contributed by atoms with Crippen LogP contribution in [-0.4, -0.2) is 60.6 Å². The van der Waals surface area contributed by atoms with Crippen LogP contribution in [0.2, 0.25) is 0 Å². The Morgan fingerprint density at radius 3 is 2.49 bits per heavy atom. The smallest absolute Gasteiger partial charge is 0.180 e. The van der Waals surface area contributed by atoms with Gasteiger partial charge in [-0.3, -0.25) is 9.47 Å². The predicted molar refractivity (Wildman–Crippen MR) is 147 cm³/mol. The van der Waals surface area contributed by atoms with Crippen LogP contribution in [0, 0.1) is 11.2 Å². The quantitative estimate of drug-likeness (QED) is 0.359. The molecule has 1 spiro atoms. The van der Waals surface area contributed by atoms with Crippen LogP contribution in [-0.2, 0) is 6.54 Å². The highest BCUT2D eigenvalue weighted by Gasteiger charge is 2.42. The third-order valence-electron chi connectivity index (χ3n) is 7.82. The van der Waals surface area contributed by atoms with Crippen molar-refractivity contribution in [2.24, 2.45) is 5.41 Å². The van der Waals surface area contributed by atoms with E-state index in [1.165, 1.54) is 37.6 Å². The van der Waals surface area contributed by atoms with E-state index >= 15 is 0 Å². The van der Waals surface area contributed by atoms with Crippen LogP contribution < -0.4 is 11.1 Å². The lowest BCUT2D eigenvalue weighted by molar-refractivity contribution is -0.0282. The molecule has 1 aromatic carbocycles. The first-order valence-corrected chi connectivity index (χ1v) is 13.2. The maximum absolute atomic E-state index is 13.5. The summed E-state index contributed by atoms with van der Waals surface area (Å²) in [5, 5.41) is 3.47. The fourth-order valence-electron chi connectivity index (χ4n) is 5.83. The number of hydrogen-bond acceptors (Lipinski definition) is 8. The molecule has 0 atom stereocenters. The van der Waals surface area contributed by atoms with Crippen molar-refractivity contribution in [2.75, 3.05) is 31.9 Å². The van der Waals surface area contributed by atoms with Gasteiger partial charge >= 0.3 is 0 Å². The van der Waals surface area contributed by atoms with Gasteiger partial charge in [0.25, 0.3) is 0 Å². The number of hydrogen-bond donors (Lipinski definition) is 2. The average Bonchev–Trinajstić information content (AvgIpc) is 3.32. The molecule has 0 unspecified atom stereocenters. The molecule has 2 aliphatic heterocycles. The molecule has 10 heteroatoms. The summed E-state index contributed by atoms with van der Waals surface area (Å²) in [6.07, 6.45) is 7.01. The number of piperidine rings is 1. The number of imidazole rings is 1. The number of halogens is 1. The highest BCUT2D eigenvalue weighted by atomic mass is 19.1. The number of anilines is 1. The molecule has 3 N–H and O–H groups in total. The van der Waals surface area contributed by atoms with Gasteiger partial charge in [0.05, 0.1) is 18.0 Å². The maximum atomic E-state index is 13.5. The van der Waals surface area contributed by atoms with Gasteiger partial charge in [0, 0.05) is 31.5 Å². The van der Waals surface area contributed by atoms with Gasteiger partial charge in [-0.2, -0.15) is 0 Å². The largest absolute Gasteiger partial charge is 0.383 e. The summed E-state index contributed by atoms with van der Waals surface area (Å²) < 4.78 is 15.4. The summed E-state index contributed by atoms with van der Waals surface area (Å²) in [5.74, 6) is 0.972. The number of likely N-dealkylation sites (tertiary alicyclic amines) is 1. The van der Waals surface area contributed by atoms with E-state index < -0.39 is 5.82 Å². The number of benzene rings is 1. The van der Waals surface area contributed by atoms with Gasteiger partial charge in [-0.15, -0.1) is 0 Å². The first kappa shape index (κ1) is 23.8. The van der Waals surface area contributed by atoms with Gasteiger partial charge in [0.15, 0.2) is 17.3 Å². The van der Waals surface area contributed by atoms with Crippen LogP contribution >= 0.6 is 0 Å². The lowest BCUT2D eigenvalue weighted by atomic mass is 9.72. The number of fused-ring (bicyclic) bond motifs is 1. The van der Waals surface area contributed by atoms with Gasteiger partial charge < -0.3 is 11.1 Å². The molecule has 0 amide bonds. The number of nitrogen functional groups attached to an aromatic ring is 1. The normalized spacial score (nSPS) is 16.9. The first-order valence-electron chi connectivity index (χ1n) is 13.2. The summed E-state index contributed by atoms with van der Waals surface area (Å²) in [7, 11) is 0. The third kappa shape index (κ3) is 4.41. The molecular weight excluding hydrogens is 493 g/mol. The number of aromatic nitrogens is 6. The first-order chi connectivity index (χ1) is 19.1. The monoisotopic (exact) mass is 521 g/mol. The number of nitrogens with zero attached hydrogens (tertiary/aromatic N) is 7. The SMILES string of the molecule is Nc1ncccc1-c1nc2cnc(-c3ccc(F)cn3)nc2n1-c1ccc(CN2CC3(CCNCC3)C2)cc1. The Bertz CT molecular complexity index is 1630. The molecular formula is C29H28FN9. The zero-order valence-electron chi connectivity index (χ0n) is 21.4. The molecule has 6 heterocycles. The Hall–Kier alpha value is -4.28. The highest BCUT2D eigenvalue weighted by Crippen LogP contribution is 2.39. The minimum Gasteiger partial charge on any atom is -0.383 e. The summed E-state index contributed by atoms with van der Waals surface area (Å²) in [6, 6.07) is 15.1. The van der Waals surface area contributed by atoms with Gasteiger partial charge in [-0.05, 0) is 73.3 Å². The van der Waals surface area contributed by atoms with E-state index in [0.29, 0.717) is 45.3 Å². The summed E-state index contributed by atoms with van der Waals surface area (Å²) in [4.78, 5) is 25.0. The molecule has 5 aromatic rings. The zero-order chi connectivity index (χ0) is 26.4. The van der Waals surface area contributed by atoms with Gasteiger partial charge in [-0.1, -0.05) is 12.1 Å². The van der Waals surface area contributed by atoms with E-state index in [2.05, 4.69) is 49.4 Å². The highest BCUT2D eigenvalue weighted by molar-refractivity contribution is 5.83. The zero-order valence-corrected chi connectivity index (χ0v) is 21.4. The predicted octanol–water partition coefficient (Wildman–Crippen LogP) is 3.85. The molecule has 9 nitrogen and oxygen atoms in total. The lowest BCUT2D eigenvalue weighted by Gasteiger charge is -2.52. The second-order valence-corrected chi connectivity index (χ2v) is 10.5. The maximum Gasteiger partial charge on any atom is 0.180 e. The molecule has 0 radical (unpaired) electrons. The Kier molecular flexibility index (Phi) is 5.79. The van der Waals surface area contributed by atoms with Crippen LogP contribution in [0.15, 0.2) is 67.1 Å². The summed E-state index contributed by atoms with van der Waals surface area (Å²) >= 11 is 0. The molecule has 0 saturated carbocycles. The third-order valence-corrected chi connectivity index (χ3v) is 7.82. The van der Waals surface area contributed by atoms with E-state index in [1.807, 2.05) is 16.7 Å². The lowest BCUT2D eigenvalue weighted by Crippen LogP contribution is -2.59. The van der Waals surface area contributed by atoms with Crippen LogP contribution in [0.5, 0.6) is 0 Å². The van der Waals surface area contributed by atoms with E-state index in [4.69, 9.17) is 15.7 Å². The van der Waals surface area contributed by atoms with Crippen molar-refractivity contribution in [1.82, 2.24) is 39.7 Å². The van der Waals surface area contributed by atoms with Crippen LogP contribution in [0.25, 0.3) is 39.8 Å². The van der Waals surface area contributed by atoms with E-state index in [-0.39, 0.29) is 0 Å². The second-order valence-electron chi connectivity index (χ2n) is 10.5. The fourth-order valence-corrected chi connectivity index (χ4v) is 5.83. The number of nitrogens with one attached hydrogen (secondary N) is 1. The minimum absolute atomic E-state index is 0.378. The van der Waals surface area contributed by atoms with Crippen molar-refractivity contribution in [1.29, 1.82) is 0 Å². The van der Waals surface area contributed by atoms with Crippen LogP contribution in [0.1, 0.15) is 18.4 Å². The van der Waals surface area contributed by atoms with Crippen molar-refractivity contribution in [3.63, 3.8) is 0 Å². The van der Waals surface area contributed by atoms with Crippen molar-refractivity contribution < 1.29 is 4.39 Å². The Labute approximate surface area is 225 Å². The van der Waals surface area contributed by atoms with Crippen molar-refractivity contribution in [3.05, 3.63) is 78.5 Å². The van der Waals surface area contributed by atoms with E-state index in [9.17, 15) is 4.39 Å². The van der Waals surface area contributed by atoms with Crippen molar-refractivity contribution in [3.8, 4) is 28.6 Å². The molecule has 2 aliphatic rings. The average molecular weight is 522 g/mol. The molecule has 2 fully saturated rings. The van der Waals surface area contributed by atoms with Crippen LogP contribution in [0.3, 0.4) is 0 Å². The summed E-state index contributed by atoms with van der Waals surface area (Å²) in [5.41, 5.74) is 11.3. The van der Waals surface area contributed by atoms with Crippen LogP contribution in [0.4, 0.5) is 10.2 Å². The van der Waals surface area contributed by atoms with Gasteiger partial charge in [0.2, 0.25) is 0 Å². The minimum atomic E-state index is -0.413. The Balaban J connectivity index is 1.25. The fraction of sp³-hybridized carbons (Fsp3) is 0.276. The Morgan fingerprint density at radius 2 is 1.74 bits per heavy atom. The topological polar surface area (TPSA) is 111 Å². The van der Waals surface area contributed by atoms with E-state index in [1.54, 1.807) is 18.5 Å². The van der Waals surface area contributed by atoms with Crippen molar-refractivity contribution >= 4 is 17.0 Å². The second kappa shape index (κ2) is 9.48. The Morgan fingerprint density at radius 1 is 0.923 bits per heavy atom. The summed E-state index contributed by atoms with van der Waals surface area (Å²) in [6.45, 7) is 5.54. The molecule has 4 aromatic heterocycles. The number of pyridine rings is 2. The molecule has 2 saturated heterocycles. The molecule has 196 valence electrons. The number of nitrogens with two attached hydrogens (primary N) is 1.